The number of rotatable bonds is 5. The monoisotopic (exact) mass is 331 g/mol. The summed E-state index contributed by atoms with van der Waals surface area (Å²) in [6.45, 7) is 2.85. The van der Waals surface area contributed by atoms with Crippen LogP contribution in [0.25, 0.3) is 0 Å². The fourth-order valence-electron chi connectivity index (χ4n) is 2.40. The molecule has 0 aromatic heterocycles. The van der Waals surface area contributed by atoms with E-state index < -0.39 is 0 Å². The number of carbonyl (C=O) groups excluding carboxylic acids is 1. The van der Waals surface area contributed by atoms with E-state index in [4.69, 9.17) is 0 Å². The number of carbonyl (C=O) groups is 1. The minimum atomic E-state index is -0.258. The Morgan fingerprint density at radius 1 is 0.720 bits per heavy atom. The smallest absolute Gasteiger partial charge is 0.323 e. The predicted octanol–water partition coefficient (Wildman–Crippen LogP) is 5.25. The number of para-hydroxylation sites is 1. The quantitative estimate of drug-likeness (QED) is 0.598. The van der Waals surface area contributed by atoms with Crippen molar-refractivity contribution in [2.24, 2.45) is 0 Å². The minimum absolute atomic E-state index is 0.258. The van der Waals surface area contributed by atoms with Gasteiger partial charge in [0.25, 0.3) is 0 Å². The van der Waals surface area contributed by atoms with Gasteiger partial charge < -0.3 is 16.0 Å². The molecule has 0 saturated carbocycles. The Labute approximate surface area is 147 Å². The highest BCUT2D eigenvalue weighted by Gasteiger charge is 2.02. The highest BCUT2D eigenvalue weighted by Crippen LogP contribution is 2.15. The molecule has 0 aliphatic carbocycles. The second-order valence-electron chi connectivity index (χ2n) is 5.86. The topological polar surface area (TPSA) is 53.2 Å². The number of nitrogens with one attached hydrogen (secondary N) is 3. The molecule has 0 spiro atoms. The highest BCUT2D eigenvalue weighted by atomic mass is 16.2. The Balaban J connectivity index is 1.51. The van der Waals surface area contributed by atoms with Crippen molar-refractivity contribution in [1.82, 2.24) is 0 Å². The van der Waals surface area contributed by atoms with Gasteiger partial charge in [-0.25, -0.2) is 4.79 Å². The molecule has 3 aromatic carbocycles. The molecule has 0 aliphatic rings. The van der Waals surface area contributed by atoms with Gasteiger partial charge in [-0.05, 0) is 48.9 Å². The van der Waals surface area contributed by atoms with Gasteiger partial charge in [-0.15, -0.1) is 0 Å². The summed E-state index contributed by atoms with van der Waals surface area (Å²) in [5, 5.41) is 8.98. The van der Waals surface area contributed by atoms with Crippen molar-refractivity contribution in [2.75, 3.05) is 16.0 Å². The van der Waals surface area contributed by atoms with Crippen LogP contribution >= 0.6 is 0 Å². The summed E-state index contributed by atoms with van der Waals surface area (Å²) in [7, 11) is 0. The maximum Gasteiger partial charge on any atom is 0.323 e. The van der Waals surface area contributed by atoms with Gasteiger partial charge in [0.2, 0.25) is 0 Å². The number of urea groups is 1. The summed E-state index contributed by atoms with van der Waals surface area (Å²) < 4.78 is 0. The van der Waals surface area contributed by atoms with Gasteiger partial charge in [0.15, 0.2) is 0 Å². The molecule has 0 atom stereocenters. The van der Waals surface area contributed by atoms with Gasteiger partial charge in [0.05, 0.1) is 0 Å². The standard InChI is InChI=1S/C21H21N3O/c1-16-7-9-17(10-8-16)15-22-18-11-13-20(14-12-18)24-21(25)23-19-5-3-2-4-6-19/h2-14,22H,15H2,1H3,(H2,23,24,25). The molecule has 4 nitrogen and oxygen atoms in total. The number of amides is 2. The molecule has 4 heteroatoms. The molecule has 0 saturated heterocycles. The second-order valence-corrected chi connectivity index (χ2v) is 5.86. The Morgan fingerprint density at radius 2 is 1.28 bits per heavy atom. The van der Waals surface area contributed by atoms with Crippen LogP contribution < -0.4 is 16.0 Å². The minimum Gasteiger partial charge on any atom is -0.381 e. The third kappa shape index (κ3) is 5.11. The summed E-state index contributed by atoms with van der Waals surface area (Å²) in [5.41, 5.74) is 5.00. The van der Waals surface area contributed by atoms with Crippen molar-refractivity contribution in [1.29, 1.82) is 0 Å². The van der Waals surface area contributed by atoms with Gasteiger partial charge in [-0.2, -0.15) is 0 Å². The van der Waals surface area contributed by atoms with Crippen LogP contribution in [-0.2, 0) is 6.54 Å². The van der Waals surface area contributed by atoms with Gasteiger partial charge in [0, 0.05) is 23.6 Å². The van der Waals surface area contributed by atoms with Crippen molar-refractivity contribution in [3.05, 3.63) is 90.0 Å². The van der Waals surface area contributed by atoms with Crippen LogP contribution in [0.15, 0.2) is 78.9 Å². The summed E-state index contributed by atoms with van der Waals surface area (Å²) >= 11 is 0. The molecule has 25 heavy (non-hydrogen) atoms. The maximum atomic E-state index is 12.0. The molecule has 0 bridgehead atoms. The lowest BCUT2D eigenvalue weighted by molar-refractivity contribution is 0.262. The molecule has 3 N–H and O–H groups in total. The molecule has 2 amide bonds. The van der Waals surface area contributed by atoms with E-state index in [0.29, 0.717) is 0 Å². The summed E-state index contributed by atoms with van der Waals surface area (Å²) in [4.78, 5) is 12.0. The van der Waals surface area contributed by atoms with Crippen molar-refractivity contribution < 1.29 is 4.79 Å². The van der Waals surface area contributed by atoms with Gasteiger partial charge in [0.1, 0.15) is 0 Å². The van der Waals surface area contributed by atoms with Gasteiger partial charge in [-0.1, -0.05) is 48.0 Å². The van der Waals surface area contributed by atoms with Crippen LogP contribution in [0.2, 0.25) is 0 Å². The number of hydrogen-bond acceptors (Lipinski definition) is 2. The van der Waals surface area contributed by atoms with Gasteiger partial charge >= 0.3 is 6.03 Å². The molecule has 3 rings (SSSR count). The summed E-state index contributed by atoms with van der Waals surface area (Å²) in [6.07, 6.45) is 0. The van der Waals surface area contributed by atoms with E-state index in [2.05, 4.69) is 47.1 Å². The molecule has 126 valence electrons. The number of anilines is 3. The number of aryl methyl sites for hydroxylation is 1. The van der Waals surface area contributed by atoms with Crippen LogP contribution in [0.4, 0.5) is 21.9 Å². The average Bonchev–Trinajstić information content (AvgIpc) is 2.63. The second kappa shape index (κ2) is 8.02. The Bertz CT molecular complexity index is 812. The third-order valence-corrected chi connectivity index (χ3v) is 3.79. The summed E-state index contributed by atoms with van der Waals surface area (Å²) in [6, 6.07) is 25.2. The van der Waals surface area contributed by atoms with Crippen LogP contribution in [0.1, 0.15) is 11.1 Å². The first kappa shape index (κ1) is 16.6. The van der Waals surface area contributed by atoms with E-state index in [1.54, 1.807) is 0 Å². The molecule has 0 fully saturated rings. The van der Waals surface area contributed by atoms with E-state index in [-0.39, 0.29) is 6.03 Å². The van der Waals surface area contributed by atoms with Crippen molar-refractivity contribution in [3.8, 4) is 0 Å². The molecule has 0 heterocycles. The first-order chi connectivity index (χ1) is 12.2. The van der Waals surface area contributed by atoms with E-state index in [1.165, 1.54) is 11.1 Å². The Morgan fingerprint density at radius 3 is 1.92 bits per heavy atom. The van der Waals surface area contributed by atoms with E-state index in [9.17, 15) is 4.79 Å². The zero-order chi connectivity index (χ0) is 17.5. The molecular weight excluding hydrogens is 310 g/mol. The maximum absolute atomic E-state index is 12.0. The third-order valence-electron chi connectivity index (χ3n) is 3.79. The van der Waals surface area contributed by atoms with Crippen LogP contribution in [-0.4, -0.2) is 6.03 Å². The average molecular weight is 331 g/mol. The van der Waals surface area contributed by atoms with E-state index in [1.807, 2.05) is 54.6 Å². The molecule has 0 aliphatic heterocycles. The number of hydrogen-bond donors (Lipinski definition) is 3. The SMILES string of the molecule is Cc1ccc(CNc2ccc(NC(=O)Nc3ccccc3)cc2)cc1. The summed E-state index contributed by atoms with van der Waals surface area (Å²) in [5.74, 6) is 0. The van der Waals surface area contributed by atoms with Crippen LogP contribution in [0, 0.1) is 6.92 Å². The highest BCUT2D eigenvalue weighted by molar-refractivity contribution is 5.99. The zero-order valence-electron chi connectivity index (χ0n) is 14.1. The van der Waals surface area contributed by atoms with Crippen molar-refractivity contribution in [3.63, 3.8) is 0 Å². The Hall–Kier alpha value is -3.27. The lowest BCUT2D eigenvalue weighted by atomic mass is 10.1. The molecule has 0 unspecified atom stereocenters. The normalized spacial score (nSPS) is 10.1. The van der Waals surface area contributed by atoms with Crippen molar-refractivity contribution in [2.45, 2.75) is 13.5 Å². The zero-order valence-corrected chi connectivity index (χ0v) is 14.1. The van der Waals surface area contributed by atoms with Crippen LogP contribution in [0.5, 0.6) is 0 Å². The lowest BCUT2D eigenvalue weighted by Gasteiger charge is -2.10. The van der Waals surface area contributed by atoms with Gasteiger partial charge in [-0.3, -0.25) is 0 Å². The molecule has 0 radical (unpaired) electrons. The Kier molecular flexibility index (Phi) is 5.32. The van der Waals surface area contributed by atoms with Crippen LogP contribution in [0.3, 0.4) is 0 Å². The van der Waals surface area contributed by atoms with E-state index in [0.717, 1.165) is 23.6 Å². The predicted molar refractivity (Wildman–Crippen MR) is 104 cm³/mol. The lowest BCUT2D eigenvalue weighted by Crippen LogP contribution is -2.19. The fourth-order valence-corrected chi connectivity index (χ4v) is 2.40. The largest absolute Gasteiger partial charge is 0.381 e. The van der Waals surface area contributed by atoms with Crippen molar-refractivity contribution >= 4 is 23.1 Å². The first-order valence-electron chi connectivity index (χ1n) is 8.21. The molecular formula is C21H21N3O. The first-order valence-corrected chi connectivity index (χ1v) is 8.21. The molecule has 3 aromatic rings. The number of benzene rings is 3. The fraction of sp³-hybridized carbons (Fsp3) is 0.0952. The van der Waals surface area contributed by atoms with E-state index >= 15 is 0 Å².